The van der Waals surface area contributed by atoms with Crippen molar-refractivity contribution in [3.05, 3.63) is 78.9 Å². The molecule has 4 aromatic rings. The average molecular weight is 366 g/mol. The minimum Gasteiger partial charge on any atom is -0.306 e. The van der Waals surface area contributed by atoms with E-state index in [0.717, 1.165) is 16.8 Å². The Morgan fingerprint density at radius 1 is 0.962 bits per heavy atom. The lowest BCUT2D eigenvalue weighted by atomic mass is 10.0. The Balaban J connectivity index is 1.73. The molecule has 0 aliphatic rings. The summed E-state index contributed by atoms with van der Waals surface area (Å²) in [6.45, 7) is 0. The molecule has 0 atom stereocenters. The van der Waals surface area contributed by atoms with Crippen molar-refractivity contribution in [2.75, 3.05) is 6.26 Å². The van der Waals surface area contributed by atoms with Crippen LogP contribution in [-0.4, -0.2) is 24.1 Å². The standard InChI is InChI=1S/C20H15FN2O2S/c1-26(24,25)16-10-11-23-13-19(22-20(23)12-16)15-8-6-14(7-9-15)17-4-2-3-5-18(17)21/h2-13H,1H3. The summed E-state index contributed by atoms with van der Waals surface area (Å²) in [7, 11) is -3.28. The lowest BCUT2D eigenvalue weighted by Crippen LogP contribution is -1.97. The molecule has 0 saturated heterocycles. The molecule has 4 nitrogen and oxygen atoms in total. The first-order valence-electron chi connectivity index (χ1n) is 7.96. The number of fused-ring (bicyclic) bond motifs is 1. The summed E-state index contributed by atoms with van der Waals surface area (Å²) in [5.41, 5.74) is 3.48. The molecule has 0 unspecified atom stereocenters. The molecule has 0 fully saturated rings. The van der Waals surface area contributed by atoms with Gasteiger partial charge in [-0.2, -0.15) is 0 Å². The highest BCUT2D eigenvalue weighted by Gasteiger charge is 2.11. The first-order chi connectivity index (χ1) is 12.4. The smallest absolute Gasteiger partial charge is 0.175 e. The van der Waals surface area contributed by atoms with E-state index < -0.39 is 9.84 Å². The topological polar surface area (TPSA) is 51.4 Å². The van der Waals surface area contributed by atoms with Gasteiger partial charge < -0.3 is 4.40 Å². The van der Waals surface area contributed by atoms with E-state index in [4.69, 9.17) is 0 Å². The minimum absolute atomic E-state index is 0.233. The molecule has 0 amide bonds. The van der Waals surface area contributed by atoms with Gasteiger partial charge in [0.15, 0.2) is 9.84 Å². The Labute approximate surface area is 150 Å². The molecule has 6 heteroatoms. The zero-order valence-electron chi connectivity index (χ0n) is 13.9. The number of hydrogen-bond acceptors (Lipinski definition) is 3. The summed E-state index contributed by atoms with van der Waals surface area (Å²) in [5, 5.41) is 0. The van der Waals surface area contributed by atoms with Crippen molar-refractivity contribution in [2.24, 2.45) is 0 Å². The third kappa shape index (κ3) is 2.99. The van der Waals surface area contributed by atoms with Gasteiger partial charge in [-0.3, -0.25) is 0 Å². The van der Waals surface area contributed by atoms with Crippen molar-refractivity contribution in [3.63, 3.8) is 0 Å². The molecule has 2 aromatic carbocycles. The molecule has 0 spiro atoms. The van der Waals surface area contributed by atoms with E-state index in [1.54, 1.807) is 40.9 Å². The Hall–Kier alpha value is -2.99. The maximum atomic E-state index is 13.9. The molecular weight excluding hydrogens is 351 g/mol. The van der Waals surface area contributed by atoms with Crippen molar-refractivity contribution in [3.8, 4) is 22.4 Å². The number of nitrogens with zero attached hydrogens (tertiary/aromatic N) is 2. The second-order valence-corrected chi connectivity index (χ2v) is 8.10. The first kappa shape index (κ1) is 16.5. The summed E-state index contributed by atoms with van der Waals surface area (Å²) in [4.78, 5) is 4.73. The fraction of sp³-hybridized carbons (Fsp3) is 0.0500. The second kappa shape index (κ2) is 6.07. The fourth-order valence-corrected chi connectivity index (χ4v) is 3.48. The largest absolute Gasteiger partial charge is 0.306 e. The molecule has 2 heterocycles. The number of benzene rings is 2. The third-order valence-electron chi connectivity index (χ3n) is 4.23. The Bertz CT molecular complexity index is 1210. The van der Waals surface area contributed by atoms with Crippen LogP contribution in [0.1, 0.15) is 0 Å². The number of hydrogen-bond donors (Lipinski definition) is 0. The molecule has 26 heavy (non-hydrogen) atoms. The summed E-state index contributed by atoms with van der Waals surface area (Å²) < 4.78 is 39.1. The predicted octanol–water partition coefficient (Wildman–Crippen LogP) is 4.21. The zero-order chi connectivity index (χ0) is 18.3. The molecular formula is C20H15FN2O2S. The number of aromatic nitrogens is 2. The van der Waals surface area contributed by atoms with Crippen LogP contribution in [0.5, 0.6) is 0 Å². The second-order valence-electron chi connectivity index (χ2n) is 6.08. The normalized spacial score (nSPS) is 11.8. The SMILES string of the molecule is CS(=O)(=O)c1ccn2cc(-c3ccc(-c4ccccc4F)cc3)nc2c1. The van der Waals surface area contributed by atoms with Gasteiger partial charge in [-0.05, 0) is 17.7 Å². The van der Waals surface area contributed by atoms with Gasteiger partial charge in [-0.1, -0.05) is 42.5 Å². The van der Waals surface area contributed by atoms with Gasteiger partial charge in [-0.15, -0.1) is 0 Å². The van der Waals surface area contributed by atoms with Crippen LogP contribution in [0, 0.1) is 5.82 Å². The fourth-order valence-electron chi connectivity index (χ4n) is 2.85. The summed E-state index contributed by atoms with van der Waals surface area (Å²) in [6.07, 6.45) is 4.68. The van der Waals surface area contributed by atoms with Crippen molar-refractivity contribution < 1.29 is 12.8 Å². The highest BCUT2D eigenvalue weighted by Crippen LogP contribution is 2.26. The van der Waals surface area contributed by atoms with Gasteiger partial charge in [0.25, 0.3) is 0 Å². The van der Waals surface area contributed by atoms with E-state index in [9.17, 15) is 12.8 Å². The van der Waals surface area contributed by atoms with E-state index in [0.29, 0.717) is 11.2 Å². The van der Waals surface area contributed by atoms with Gasteiger partial charge in [-0.25, -0.2) is 17.8 Å². The third-order valence-corrected chi connectivity index (χ3v) is 5.34. The van der Waals surface area contributed by atoms with Crippen LogP contribution >= 0.6 is 0 Å². The van der Waals surface area contributed by atoms with Gasteiger partial charge >= 0.3 is 0 Å². The number of halogens is 1. The molecule has 0 aliphatic heterocycles. The van der Waals surface area contributed by atoms with Crippen LogP contribution < -0.4 is 0 Å². The molecule has 4 rings (SSSR count). The Morgan fingerprint density at radius 3 is 2.35 bits per heavy atom. The van der Waals surface area contributed by atoms with Crippen molar-refractivity contribution in [1.82, 2.24) is 9.38 Å². The molecule has 0 N–H and O–H groups in total. The maximum absolute atomic E-state index is 13.9. The van der Waals surface area contributed by atoms with Gasteiger partial charge in [0.05, 0.1) is 10.6 Å². The molecule has 0 radical (unpaired) electrons. The maximum Gasteiger partial charge on any atom is 0.175 e. The summed E-state index contributed by atoms with van der Waals surface area (Å²) >= 11 is 0. The first-order valence-corrected chi connectivity index (χ1v) is 9.85. The zero-order valence-corrected chi connectivity index (χ0v) is 14.7. The van der Waals surface area contributed by atoms with Crippen LogP contribution in [0.4, 0.5) is 4.39 Å². The van der Waals surface area contributed by atoms with E-state index in [-0.39, 0.29) is 10.7 Å². The monoisotopic (exact) mass is 366 g/mol. The quantitative estimate of drug-likeness (QED) is 0.546. The van der Waals surface area contributed by atoms with Crippen molar-refractivity contribution >= 4 is 15.5 Å². The van der Waals surface area contributed by atoms with Crippen LogP contribution in [0.15, 0.2) is 78.0 Å². The van der Waals surface area contributed by atoms with Gasteiger partial charge in [0, 0.05) is 35.8 Å². The summed E-state index contributed by atoms with van der Waals surface area (Å²) in [5.74, 6) is -0.263. The van der Waals surface area contributed by atoms with E-state index in [1.807, 2.05) is 30.5 Å². The number of rotatable bonds is 3. The lowest BCUT2D eigenvalue weighted by molar-refractivity contribution is 0.602. The molecule has 0 bridgehead atoms. The lowest BCUT2D eigenvalue weighted by Gasteiger charge is -2.04. The van der Waals surface area contributed by atoms with E-state index in [2.05, 4.69) is 4.98 Å². The van der Waals surface area contributed by atoms with E-state index in [1.165, 1.54) is 12.3 Å². The average Bonchev–Trinajstić information content (AvgIpc) is 3.05. The predicted molar refractivity (Wildman–Crippen MR) is 99.1 cm³/mol. The van der Waals surface area contributed by atoms with Crippen LogP contribution in [0.2, 0.25) is 0 Å². The Kier molecular flexibility index (Phi) is 3.85. The van der Waals surface area contributed by atoms with Crippen LogP contribution in [-0.2, 0) is 9.84 Å². The molecule has 130 valence electrons. The van der Waals surface area contributed by atoms with Gasteiger partial charge in [0.2, 0.25) is 0 Å². The van der Waals surface area contributed by atoms with E-state index >= 15 is 0 Å². The van der Waals surface area contributed by atoms with Crippen molar-refractivity contribution in [2.45, 2.75) is 4.90 Å². The summed E-state index contributed by atoms with van der Waals surface area (Å²) in [6, 6.07) is 17.2. The van der Waals surface area contributed by atoms with Gasteiger partial charge in [0.1, 0.15) is 11.5 Å². The Morgan fingerprint density at radius 2 is 1.65 bits per heavy atom. The van der Waals surface area contributed by atoms with Crippen molar-refractivity contribution in [1.29, 1.82) is 0 Å². The molecule has 0 aliphatic carbocycles. The minimum atomic E-state index is -3.28. The highest BCUT2D eigenvalue weighted by molar-refractivity contribution is 7.90. The van der Waals surface area contributed by atoms with Crippen LogP contribution in [0.3, 0.4) is 0 Å². The molecule has 2 aromatic heterocycles. The number of sulfone groups is 1. The van der Waals surface area contributed by atoms with Crippen LogP contribution in [0.25, 0.3) is 28.0 Å². The highest BCUT2D eigenvalue weighted by atomic mass is 32.2. The number of pyridine rings is 1. The molecule has 0 saturated carbocycles. The number of imidazole rings is 1.